The lowest BCUT2D eigenvalue weighted by Crippen LogP contribution is -2.59. The zero-order chi connectivity index (χ0) is 14.4. The molecule has 0 saturated carbocycles. The summed E-state index contributed by atoms with van der Waals surface area (Å²) < 4.78 is 10.8. The van der Waals surface area contributed by atoms with Gasteiger partial charge in [-0.2, -0.15) is 0 Å². The van der Waals surface area contributed by atoms with E-state index in [9.17, 15) is 4.79 Å². The van der Waals surface area contributed by atoms with Gasteiger partial charge in [-0.1, -0.05) is 0 Å². The molecule has 6 nitrogen and oxygen atoms in total. The number of methoxy groups -OCH3 is 1. The molecule has 20 heavy (non-hydrogen) atoms. The van der Waals surface area contributed by atoms with Crippen LogP contribution in [-0.4, -0.2) is 87.4 Å². The van der Waals surface area contributed by atoms with Crippen LogP contribution >= 0.6 is 0 Å². The van der Waals surface area contributed by atoms with Crippen LogP contribution in [0.15, 0.2) is 0 Å². The highest BCUT2D eigenvalue weighted by Gasteiger charge is 2.33. The van der Waals surface area contributed by atoms with E-state index in [1.54, 1.807) is 7.11 Å². The topological polar surface area (TPSA) is 54.0 Å². The third kappa shape index (κ3) is 4.41. The molecule has 116 valence electrons. The number of carbonyl (C=O) groups excluding carboxylic acids is 1. The molecule has 2 saturated heterocycles. The predicted octanol–water partition coefficient (Wildman–Crippen LogP) is -0.454. The average molecular weight is 285 g/mol. The highest BCUT2D eigenvalue weighted by Crippen LogP contribution is 2.15. The Labute approximate surface area is 121 Å². The molecule has 0 aromatic heterocycles. The second-order valence-electron chi connectivity index (χ2n) is 5.91. The highest BCUT2D eigenvalue weighted by molar-refractivity contribution is 5.77. The first kappa shape index (κ1) is 15.7. The largest absolute Gasteiger partial charge is 0.383 e. The first-order chi connectivity index (χ1) is 9.63. The Morgan fingerprint density at radius 2 is 2.05 bits per heavy atom. The predicted molar refractivity (Wildman–Crippen MR) is 76.7 cm³/mol. The van der Waals surface area contributed by atoms with Crippen molar-refractivity contribution < 1.29 is 14.3 Å². The molecule has 0 aliphatic carbocycles. The van der Waals surface area contributed by atoms with Crippen molar-refractivity contribution in [1.29, 1.82) is 0 Å². The van der Waals surface area contributed by atoms with Crippen molar-refractivity contribution in [3.63, 3.8) is 0 Å². The van der Waals surface area contributed by atoms with Crippen LogP contribution in [0.4, 0.5) is 0 Å². The van der Waals surface area contributed by atoms with Crippen molar-refractivity contribution in [2.45, 2.75) is 18.9 Å². The standard InChI is InChI=1S/C14H27N3O3/c1-14(11-15-12-14)20-10-13(18)17-5-3-4-16(6-7-17)8-9-19-2/h15H,3-12H2,1-2H3. The molecule has 2 aliphatic heterocycles. The van der Waals surface area contributed by atoms with Crippen molar-refractivity contribution in [3.8, 4) is 0 Å². The summed E-state index contributed by atoms with van der Waals surface area (Å²) in [6.45, 7) is 9.21. The van der Waals surface area contributed by atoms with Crippen molar-refractivity contribution in [2.24, 2.45) is 0 Å². The number of hydrogen-bond acceptors (Lipinski definition) is 5. The van der Waals surface area contributed by atoms with Gasteiger partial charge in [0.15, 0.2) is 0 Å². The summed E-state index contributed by atoms with van der Waals surface area (Å²) >= 11 is 0. The number of hydrogen-bond donors (Lipinski definition) is 1. The first-order valence-electron chi connectivity index (χ1n) is 7.47. The number of nitrogens with one attached hydrogen (secondary N) is 1. The molecule has 2 rings (SSSR count). The zero-order valence-corrected chi connectivity index (χ0v) is 12.7. The number of nitrogens with zero attached hydrogens (tertiary/aromatic N) is 2. The molecule has 1 N–H and O–H groups in total. The number of amides is 1. The summed E-state index contributed by atoms with van der Waals surface area (Å²) in [5, 5.41) is 3.17. The molecule has 2 fully saturated rings. The zero-order valence-electron chi connectivity index (χ0n) is 12.7. The quantitative estimate of drug-likeness (QED) is 0.716. The fourth-order valence-corrected chi connectivity index (χ4v) is 2.57. The van der Waals surface area contributed by atoms with Crippen molar-refractivity contribution in [3.05, 3.63) is 0 Å². The molecule has 0 spiro atoms. The van der Waals surface area contributed by atoms with Crippen LogP contribution in [0, 0.1) is 0 Å². The Morgan fingerprint density at radius 3 is 2.70 bits per heavy atom. The second-order valence-corrected chi connectivity index (χ2v) is 5.91. The second kappa shape index (κ2) is 7.36. The summed E-state index contributed by atoms with van der Waals surface area (Å²) in [5.41, 5.74) is -0.147. The van der Waals surface area contributed by atoms with E-state index in [0.29, 0.717) is 0 Å². The van der Waals surface area contributed by atoms with Crippen LogP contribution in [0.1, 0.15) is 13.3 Å². The third-order valence-electron chi connectivity index (χ3n) is 4.09. The highest BCUT2D eigenvalue weighted by atomic mass is 16.5. The molecule has 0 radical (unpaired) electrons. The minimum atomic E-state index is -0.147. The summed E-state index contributed by atoms with van der Waals surface area (Å²) in [7, 11) is 1.72. The fourth-order valence-electron chi connectivity index (χ4n) is 2.57. The van der Waals surface area contributed by atoms with Crippen LogP contribution in [0.5, 0.6) is 0 Å². The van der Waals surface area contributed by atoms with E-state index in [4.69, 9.17) is 9.47 Å². The molecule has 0 aromatic carbocycles. The van der Waals surface area contributed by atoms with Gasteiger partial charge in [-0.05, 0) is 19.9 Å². The van der Waals surface area contributed by atoms with E-state index in [1.165, 1.54) is 0 Å². The molecule has 6 heteroatoms. The van der Waals surface area contributed by atoms with Gasteiger partial charge in [0.2, 0.25) is 5.91 Å². The first-order valence-corrected chi connectivity index (χ1v) is 7.47. The Hall–Kier alpha value is -0.690. The van der Waals surface area contributed by atoms with E-state index in [1.807, 2.05) is 11.8 Å². The Kier molecular flexibility index (Phi) is 5.77. The van der Waals surface area contributed by atoms with Crippen molar-refractivity contribution >= 4 is 5.91 Å². The number of ether oxygens (including phenoxy) is 2. The van der Waals surface area contributed by atoms with Crippen molar-refractivity contribution in [2.75, 3.05) is 66.1 Å². The van der Waals surface area contributed by atoms with Gasteiger partial charge >= 0.3 is 0 Å². The van der Waals surface area contributed by atoms with Crippen LogP contribution in [-0.2, 0) is 14.3 Å². The van der Waals surface area contributed by atoms with E-state index >= 15 is 0 Å². The minimum Gasteiger partial charge on any atom is -0.383 e. The Morgan fingerprint density at radius 1 is 1.25 bits per heavy atom. The van der Waals surface area contributed by atoms with Crippen LogP contribution in [0.2, 0.25) is 0 Å². The molecule has 0 bridgehead atoms. The molecule has 2 heterocycles. The SMILES string of the molecule is COCCN1CCCN(C(=O)COC2(C)CNC2)CC1. The van der Waals surface area contributed by atoms with Crippen LogP contribution < -0.4 is 5.32 Å². The van der Waals surface area contributed by atoms with Gasteiger partial charge in [0.25, 0.3) is 0 Å². The summed E-state index contributed by atoms with van der Waals surface area (Å²) in [5.74, 6) is 0.117. The van der Waals surface area contributed by atoms with E-state index < -0.39 is 0 Å². The van der Waals surface area contributed by atoms with Gasteiger partial charge in [0.05, 0.1) is 12.2 Å². The smallest absolute Gasteiger partial charge is 0.248 e. The van der Waals surface area contributed by atoms with Gasteiger partial charge in [-0.25, -0.2) is 0 Å². The third-order valence-corrected chi connectivity index (χ3v) is 4.09. The lowest BCUT2D eigenvalue weighted by Gasteiger charge is -2.39. The van der Waals surface area contributed by atoms with Crippen LogP contribution in [0.25, 0.3) is 0 Å². The molecular weight excluding hydrogens is 258 g/mol. The molecule has 0 atom stereocenters. The monoisotopic (exact) mass is 285 g/mol. The Bertz CT molecular complexity index is 321. The summed E-state index contributed by atoms with van der Waals surface area (Å²) in [6, 6.07) is 0. The summed E-state index contributed by atoms with van der Waals surface area (Å²) in [6.07, 6.45) is 1.02. The van der Waals surface area contributed by atoms with Gasteiger partial charge < -0.3 is 19.7 Å². The minimum absolute atomic E-state index is 0.117. The van der Waals surface area contributed by atoms with Gasteiger partial charge in [0, 0.05) is 46.4 Å². The van der Waals surface area contributed by atoms with Gasteiger partial charge in [0.1, 0.15) is 6.61 Å². The summed E-state index contributed by atoms with van der Waals surface area (Å²) in [4.78, 5) is 16.5. The fraction of sp³-hybridized carbons (Fsp3) is 0.929. The maximum Gasteiger partial charge on any atom is 0.248 e. The van der Waals surface area contributed by atoms with E-state index in [2.05, 4.69) is 10.2 Å². The molecule has 0 aromatic rings. The van der Waals surface area contributed by atoms with Gasteiger partial charge in [-0.15, -0.1) is 0 Å². The number of rotatable bonds is 6. The molecule has 1 amide bonds. The molecular formula is C14H27N3O3. The normalized spacial score (nSPS) is 23.2. The van der Waals surface area contributed by atoms with Crippen molar-refractivity contribution in [1.82, 2.24) is 15.1 Å². The number of carbonyl (C=O) groups is 1. The van der Waals surface area contributed by atoms with E-state index in [0.717, 1.165) is 58.8 Å². The lowest BCUT2D eigenvalue weighted by atomic mass is 10.0. The lowest BCUT2D eigenvalue weighted by molar-refractivity contribution is -0.145. The molecule has 0 unspecified atom stereocenters. The Balaban J connectivity index is 1.70. The average Bonchev–Trinajstić information content (AvgIpc) is 2.66. The maximum absolute atomic E-state index is 12.2. The van der Waals surface area contributed by atoms with E-state index in [-0.39, 0.29) is 18.1 Å². The maximum atomic E-state index is 12.2. The van der Waals surface area contributed by atoms with Crippen LogP contribution in [0.3, 0.4) is 0 Å². The molecule has 2 aliphatic rings. The van der Waals surface area contributed by atoms with Gasteiger partial charge in [-0.3, -0.25) is 9.69 Å².